The van der Waals surface area contributed by atoms with Gasteiger partial charge in [0.1, 0.15) is 5.78 Å². The van der Waals surface area contributed by atoms with E-state index in [1.54, 1.807) is 7.05 Å². The summed E-state index contributed by atoms with van der Waals surface area (Å²) in [5.74, 6) is -1.17. The number of hydrogen-bond acceptors (Lipinski definition) is 4. The first-order valence-corrected chi connectivity index (χ1v) is 3.45. The van der Waals surface area contributed by atoms with Gasteiger partial charge in [-0.05, 0) is 26.8 Å². The summed E-state index contributed by atoms with van der Waals surface area (Å²) in [7, 11) is 1.63. The van der Waals surface area contributed by atoms with Crippen molar-refractivity contribution in [1.82, 2.24) is 5.32 Å². The number of hydrogen-bond donors (Lipinski definition) is 1. The summed E-state index contributed by atoms with van der Waals surface area (Å²) >= 11 is 0. The summed E-state index contributed by atoms with van der Waals surface area (Å²) in [6.45, 7) is 1.43. The van der Waals surface area contributed by atoms with Crippen molar-refractivity contribution in [3.8, 4) is 0 Å². The van der Waals surface area contributed by atoms with E-state index in [-0.39, 0.29) is 18.2 Å². The number of carboxylic acids is 1. The lowest BCUT2D eigenvalue weighted by Crippen LogP contribution is -2.34. The Hall–Kier alpha value is -0.900. The lowest BCUT2D eigenvalue weighted by Gasteiger charge is -2.11. The maximum absolute atomic E-state index is 10.7. The van der Waals surface area contributed by atoms with Crippen molar-refractivity contribution in [2.75, 3.05) is 7.05 Å². The van der Waals surface area contributed by atoms with Crippen LogP contribution in [0.3, 0.4) is 0 Å². The predicted octanol–water partition coefficient (Wildman–Crippen LogP) is -1.31. The van der Waals surface area contributed by atoms with Crippen LogP contribution in [-0.4, -0.2) is 24.8 Å². The molecule has 0 aromatic carbocycles. The number of nitrogens with one attached hydrogen (secondary N) is 1. The number of carbonyl (C=O) groups excluding carboxylic acids is 2. The third-order valence-corrected chi connectivity index (χ3v) is 1.48. The molecular weight excluding hydrogens is 146 g/mol. The van der Waals surface area contributed by atoms with Gasteiger partial charge in [-0.3, -0.25) is 4.79 Å². The van der Waals surface area contributed by atoms with E-state index in [2.05, 4.69) is 5.32 Å². The summed E-state index contributed by atoms with van der Waals surface area (Å²) in [6, 6.07) is -0.354. The molecule has 11 heavy (non-hydrogen) atoms. The average Bonchev–Trinajstić information content (AvgIpc) is 1.87. The van der Waals surface area contributed by atoms with Crippen LogP contribution < -0.4 is 10.4 Å². The van der Waals surface area contributed by atoms with E-state index in [0.717, 1.165) is 0 Å². The predicted molar refractivity (Wildman–Crippen MR) is 37.8 cm³/mol. The zero-order chi connectivity index (χ0) is 8.85. The molecule has 0 saturated carbocycles. The van der Waals surface area contributed by atoms with E-state index in [1.165, 1.54) is 6.92 Å². The minimum Gasteiger partial charge on any atom is -0.550 e. The molecule has 0 bridgehead atoms. The van der Waals surface area contributed by atoms with Gasteiger partial charge >= 0.3 is 0 Å². The Morgan fingerprint density at radius 3 is 2.36 bits per heavy atom. The third-order valence-electron chi connectivity index (χ3n) is 1.48. The Morgan fingerprint density at radius 2 is 2.09 bits per heavy atom. The van der Waals surface area contributed by atoms with E-state index < -0.39 is 5.97 Å². The smallest absolute Gasteiger partial charge is 0.146 e. The van der Waals surface area contributed by atoms with Crippen LogP contribution in [-0.2, 0) is 9.59 Å². The van der Waals surface area contributed by atoms with Crippen LogP contribution >= 0.6 is 0 Å². The monoisotopic (exact) mass is 158 g/mol. The lowest BCUT2D eigenvalue weighted by molar-refractivity contribution is -0.305. The minimum atomic E-state index is -1.12. The molecule has 0 aromatic heterocycles. The van der Waals surface area contributed by atoms with Gasteiger partial charge in [-0.2, -0.15) is 0 Å². The third kappa shape index (κ3) is 4.50. The van der Waals surface area contributed by atoms with E-state index in [1.807, 2.05) is 0 Å². The molecule has 1 atom stereocenters. The molecule has 0 aliphatic heterocycles. The maximum Gasteiger partial charge on any atom is 0.146 e. The SMILES string of the molecule is CN[C@@H](CCC(=O)[O-])C(C)=O. The van der Waals surface area contributed by atoms with Gasteiger partial charge in [-0.15, -0.1) is 0 Å². The first-order chi connectivity index (χ1) is 5.07. The van der Waals surface area contributed by atoms with E-state index >= 15 is 0 Å². The lowest BCUT2D eigenvalue weighted by atomic mass is 10.1. The molecule has 0 aliphatic rings. The summed E-state index contributed by atoms with van der Waals surface area (Å²) < 4.78 is 0. The van der Waals surface area contributed by atoms with Crippen LogP contribution in [0.5, 0.6) is 0 Å². The molecule has 0 fully saturated rings. The van der Waals surface area contributed by atoms with E-state index in [9.17, 15) is 14.7 Å². The molecule has 0 aliphatic carbocycles. The van der Waals surface area contributed by atoms with Gasteiger partial charge in [-0.1, -0.05) is 0 Å². The zero-order valence-electron chi connectivity index (χ0n) is 6.72. The molecule has 0 amide bonds. The Kier molecular flexibility index (Phi) is 4.45. The van der Waals surface area contributed by atoms with Gasteiger partial charge in [0, 0.05) is 5.97 Å². The van der Waals surface area contributed by atoms with Crippen molar-refractivity contribution in [1.29, 1.82) is 0 Å². The molecule has 64 valence electrons. The molecule has 0 rings (SSSR count). The second kappa shape index (κ2) is 4.85. The Bertz CT molecular complexity index is 156. The summed E-state index contributed by atoms with van der Waals surface area (Å²) in [5, 5.41) is 12.7. The highest BCUT2D eigenvalue weighted by Gasteiger charge is 2.09. The number of carboxylic acid groups (broad SMARTS) is 1. The quantitative estimate of drug-likeness (QED) is 0.539. The van der Waals surface area contributed by atoms with Crippen molar-refractivity contribution in [3.63, 3.8) is 0 Å². The van der Waals surface area contributed by atoms with Crippen molar-refractivity contribution >= 4 is 11.8 Å². The van der Waals surface area contributed by atoms with Crippen molar-refractivity contribution in [3.05, 3.63) is 0 Å². The fraction of sp³-hybridized carbons (Fsp3) is 0.714. The van der Waals surface area contributed by atoms with Crippen LogP contribution in [0.2, 0.25) is 0 Å². The molecule has 4 nitrogen and oxygen atoms in total. The molecule has 1 N–H and O–H groups in total. The van der Waals surface area contributed by atoms with Crippen molar-refractivity contribution in [2.24, 2.45) is 0 Å². The molecule has 0 heterocycles. The van der Waals surface area contributed by atoms with Crippen LogP contribution in [0.1, 0.15) is 19.8 Å². The molecule has 0 saturated heterocycles. The number of carbonyl (C=O) groups is 2. The Balaban J connectivity index is 3.70. The zero-order valence-corrected chi connectivity index (χ0v) is 6.72. The topological polar surface area (TPSA) is 69.2 Å². The summed E-state index contributed by atoms with van der Waals surface area (Å²) in [6.07, 6.45) is 0.221. The molecule has 0 spiro atoms. The van der Waals surface area contributed by atoms with Gasteiger partial charge < -0.3 is 15.2 Å². The number of rotatable bonds is 5. The minimum absolute atomic E-state index is 0.0475. The highest BCUT2D eigenvalue weighted by Crippen LogP contribution is 1.96. The van der Waals surface area contributed by atoms with Crippen LogP contribution in [0.15, 0.2) is 0 Å². The number of ketones is 1. The van der Waals surface area contributed by atoms with Crippen molar-refractivity contribution < 1.29 is 14.7 Å². The highest BCUT2D eigenvalue weighted by molar-refractivity contribution is 5.81. The largest absolute Gasteiger partial charge is 0.550 e. The fourth-order valence-corrected chi connectivity index (χ4v) is 0.813. The molecule has 4 heteroatoms. The highest BCUT2D eigenvalue weighted by atomic mass is 16.4. The normalized spacial score (nSPS) is 12.5. The maximum atomic E-state index is 10.7. The second-order valence-electron chi connectivity index (χ2n) is 2.36. The van der Waals surface area contributed by atoms with E-state index in [0.29, 0.717) is 6.42 Å². The van der Waals surface area contributed by atoms with Gasteiger partial charge in [0.25, 0.3) is 0 Å². The molecule has 0 radical (unpaired) electrons. The average molecular weight is 158 g/mol. The standard InChI is InChI=1S/C7H13NO3/c1-5(9)6(8-2)3-4-7(10)11/h6,8H,3-4H2,1-2H3,(H,10,11)/p-1/t6-/m0/s1. The van der Waals surface area contributed by atoms with Gasteiger partial charge in [0.15, 0.2) is 0 Å². The molecule has 0 unspecified atom stereocenters. The number of Topliss-reactive ketones (excluding diaryl/α,β-unsaturated/α-hetero) is 1. The van der Waals surface area contributed by atoms with Crippen LogP contribution in [0.25, 0.3) is 0 Å². The molecular formula is C7H12NO3-. The van der Waals surface area contributed by atoms with Gasteiger partial charge in [0.2, 0.25) is 0 Å². The van der Waals surface area contributed by atoms with Gasteiger partial charge in [-0.25, -0.2) is 0 Å². The fourth-order valence-electron chi connectivity index (χ4n) is 0.813. The Morgan fingerprint density at radius 1 is 1.55 bits per heavy atom. The second-order valence-corrected chi connectivity index (χ2v) is 2.36. The van der Waals surface area contributed by atoms with E-state index in [4.69, 9.17) is 0 Å². The van der Waals surface area contributed by atoms with Crippen molar-refractivity contribution in [2.45, 2.75) is 25.8 Å². The number of aliphatic carboxylic acids is 1. The number of likely N-dealkylation sites (N-methyl/N-ethyl adjacent to an activating group) is 1. The Labute approximate surface area is 65.6 Å². The summed E-state index contributed by atoms with van der Waals surface area (Å²) in [4.78, 5) is 20.7. The van der Waals surface area contributed by atoms with Crippen LogP contribution in [0.4, 0.5) is 0 Å². The first kappa shape index (κ1) is 10.1. The summed E-state index contributed by atoms with van der Waals surface area (Å²) in [5.41, 5.74) is 0. The molecule has 0 aromatic rings. The van der Waals surface area contributed by atoms with Gasteiger partial charge in [0.05, 0.1) is 6.04 Å². The van der Waals surface area contributed by atoms with Crippen LogP contribution in [0, 0.1) is 0 Å². The first-order valence-electron chi connectivity index (χ1n) is 3.45.